The van der Waals surface area contributed by atoms with Gasteiger partial charge in [0.15, 0.2) is 0 Å². The van der Waals surface area contributed by atoms with Crippen LogP contribution in [0.3, 0.4) is 0 Å². The van der Waals surface area contributed by atoms with E-state index >= 15 is 0 Å². The third-order valence-electron chi connectivity index (χ3n) is 1.70. The average Bonchev–Trinajstić information content (AvgIpc) is 2.18. The first-order valence-corrected chi connectivity index (χ1v) is 5.06. The normalized spacial score (nSPS) is 12.2. The minimum atomic E-state index is -0.213. The SMILES string of the molecule is CC(CN)NC(=O)c1ncccc1Br. The highest BCUT2D eigenvalue weighted by Gasteiger charge is 2.12. The number of pyridine rings is 1. The molecule has 4 nitrogen and oxygen atoms in total. The molecule has 1 aromatic rings. The van der Waals surface area contributed by atoms with Crippen LogP contribution in [0.2, 0.25) is 0 Å². The fourth-order valence-electron chi connectivity index (χ4n) is 0.904. The van der Waals surface area contributed by atoms with Crippen LogP contribution in [0.15, 0.2) is 22.8 Å². The molecule has 3 N–H and O–H groups in total. The Bertz CT molecular complexity index is 330. The van der Waals surface area contributed by atoms with E-state index in [4.69, 9.17) is 5.73 Å². The quantitative estimate of drug-likeness (QED) is 0.847. The number of nitrogens with zero attached hydrogens (tertiary/aromatic N) is 1. The summed E-state index contributed by atoms with van der Waals surface area (Å²) in [5, 5.41) is 2.73. The van der Waals surface area contributed by atoms with Gasteiger partial charge in [-0.05, 0) is 35.0 Å². The summed E-state index contributed by atoms with van der Waals surface area (Å²) in [7, 11) is 0. The predicted molar refractivity (Wildman–Crippen MR) is 57.9 cm³/mol. The highest BCUT2D eigenvalue weighted by Crippen LogP contribution is 2.12. The van der Waals surface area contributed by atoms with Gasteiger partial charge in [0.05, 0.1) is 0 Å². The van der Waals surface area contributed by atoms with Crippen LogP contribution >= 0.6 is 15.9 Å². The zero-order valence-corrected chi connectivity index (χ0v) is 9.41. The highest BCUT2D eigenvalue weighted by molar-refractivity contribution is 9.10. The van der Waals surface area contributed by atoms with Crippen molar-refractivity contribution >= 4 is 21.8 Å². The Morgan fingerprint density at radius 2 is 2.50 bits per heavy atom. The Morgan fingerprint density at radius 3 is 3.07 bits per heavy atom. The number of aromatic nitrogens is 1. The van der Waals surface area contributed by atoms with Crippen molar-refractivity contribution in [3.63, 3.8) is 0 Å². The molecule has 5 heteroatoms. The van der Waals surface area contributed by atoms with Gasteiger partial charge in [0, 0.05) is 23.3 Å². The Morgan fingerprint density at radius 1 is 1.79 bits per heavy atom. The third kappa shape index (κ3) is 2.78. The predicted octanol–water partition coefficient (Wildman–Crippen LogP) is 0.921. The number of carbonyl (C=O) groups is 1. The lowest BCUT2D eigenvalue weighted by Gasteiger charge is -2.11. The van der Waals surface area contributed by atoms with Crippen molar-refractivity contribution in [1.29, 1.82) is 0 Å². The van der Waals surface area contributed by atoms with E-state index in [1.54, 1.807) is 18.3 Å². The van der Waals surface area contributed by atoms with Crippen molar-refractivity contribution in [3.05, 3.63) is 28.5 Å². The first kappa shape index (κ1) is 11.1. The fourth-order valence-corrected chi connectivity index (χ4v) is 1.34. The summed E-state index contributed by atoms with van der Waals surface area (Å²) in [5.41, 5.74) is 5.77. The Hall–Kier alpha value is -0.940. The van der Waals surface area contributed by atoms with Gasteiger partial charge in [0.25, 0.3) is 5.91 Å². The van der Waals surface area contributed by atoms with Crippen LogP contribution in [0.5, 0.6) is 0 Å². The monoisotopic (exact) mass is 257 g/mol. The van der Waals surface area contributed by atoms with Gasteiger partial charge in [-0.1, -0.05) is 0 Å². The van der Waals surface area contributed by atoms with Crippen LogP contribution in [-0.4, -0.2) is 23.5 Å². The maximum atomic E-state index is 11.6. The van der Waals surface area contributed by atoms with Gasteiger partial charge >= 0.3 is 0 Å². The molecule has 1 aromatic heterocycles. The van der Waals surface area contributed by atoms with Crippen molar-refractivity contribution < 1.29 is 4.79 Å². The lowest BCUT2D eigenvalue weighted by atomic mass is 10.3. The lowest BCUT2D eigenvalue weighted by molar-refractivity contribution is 0.0935. The largest absolute Gasteiger partial charge is 0.347 e. The van der Waals surface area contributed by atoms with E-state index in [-0.39, 0.29) is 11.9 Å². The molecule has 0 bridgehead atoms. The fraction of sp³-hybridized carbons (Fsp3) is 0.333. The number of nitrogens with one attached hydrogen (secondary N) is 1. The number of carbonyl (C=O) groups excluding carboxylic acids is 1. The van der Waals surface area contributed by atoms with Crippen molar-refractivity contribution in [1.82, 2.24) is 10.3 Å². The minimum Gasteiger partial charge on any atom is -0.347 e. The molecule has 1 rings (SSSR count). The van der Waals surface area contributed by atoms with Crippen LogP contribution in [0.25, 0.3) is 0 Å². The van der Waals surface area contributed by atoms with Crippen LogP contribution in [-0.2, 0) is 0 Å². The summed E-state index contributed by atoms with van der Waals surface area (Å²) in [6.45, 7) is 2.25. The maximum Gasteiger partial charge on any atom is 0.271 e. The van der Waals surface area contributed by atoms with Gasteiger partial charge in [-0.2, -0.15) is 0 Å². The zero-order valence-electron chi connectivity index (χ0n) is 7.83. The number of rotatable bonds is 3. The molecule has 1 amide bonds. The molecule has 76 valence electrons. The Kier molecular flexibility index (Phi) is 4.03. The highest BCUT2D eigenvalue weighted by atomic mass is 79.9. The van der Waals surface area contributed by atoms with Crippen molar-refractivity contribution in [2.24, 2.45) is 5.73 Å². The lowest BCUT2D eigenvalue weighted by Crippen LogP contribution is -2.38. The number of halogens is 1. The molecule has 1 atom stereocenters. The number of amides is 1. The van der Waals surface area contributed by atoms with E-state index in [9.17, 15) is 4.79 Å². The number of hydrogen-bond donors (Lipinski definition) is 2. The van der Waals surface area contributed by atoms with Crippen molar-refractivity contribution in [2.45, 2.75) is 13.0 Å². The summed E-state index contributed by atoms with van der Waals surface area (Å²) in [4.78, 5) is 15.5. The second kappa shape index (κ2) is 5.07. The van der Waals surface area contributed by atoms with E-state index in [0.717, 1.165) is 0 Å². The molecule has 1 unspecified atom stereocenters. The molecule has 0 saturated carbocycles. The minimum absolute atomic E-state index is 0.0450. The second-order valence-electron chi connectivity index (χ2n) is 2.94. The molecular formula is C9H12BrN3O. The molecule has 0 aliphatic carbocycles. The molecule has 1 heterocycles. The van der Waals surface area contributed by atoms with Crippen molar-refractivity contribution in [3.8, 4) is 0 Å². The topological polar surface area (TPSA) is 68.0 Å². The van der Waals surface area contributed by atoms with Gasteiger partial charge in [0.1, 0.15) is 5.69 Å². The van der Waals surface area contributed by atoms with Gasteiger partial charge in [-0.25, -0.2) is 4.98 Å². The van der Waals surface area contributed by atoms with Gasteiger partial charge in [-0.3, -0.25) is 4.79 Å². The van der Waals surface area contributed by atoms with Crippen LogP contribution < -0.4 is 11.1 Å². The summed E-state index contributed by atoms with van der Waals surface area (Å²) in [5.74, 6) is -0.213. The number of nitrogens with two attached hydrogens (primary N) is 1. The summed E-state index contributed by atoms with van der Waals surface area (Å²) >= 11 is 3.25. The average molecular weight is 258 g/mol. The van der Waals surface area contributed by atoms with Crippen LogP contribution in [0, 0.1) is 0 Å². The van der Waals surface area contributed by atoms with Crippen LogP contribution in [0.4, 0.5) is 0 Å². The maximum absolute atomic E-state index is 11.6. The molecule has 14 heavy (non-hydrogen) atoms. The second-order valence-corrected chi connectivity index (χ2v) is 3.80. The van der Waals surface area contributed by atoms with E-state index in [1.807, 2.05) is 6.92 Å². The summed E-state index contributed by atoms with van der Waals surface area (Å²) < 4.78 is 0.682. The Balaban J connectivity index is 2.75. The standard InChI is InChI=1S/C9H12BrN3O/c1-6(5-11)13-9(14)8-7(10)3-2-4-12-8/h2-4,6H,5,11H2,1H3,(H,13,14). The molecule has 0 aliphatic rings. The van der Waals surface area contributed by atoms with Gasteiger partial charge in [0.2, 0.25) is 0 Å². The number of hydrogen-bond acceptors (Lipinski definition) is 3. The van der Waals surface area contributed by atoms with E-state index in [2.05, 4.69) is 26.2 Å². The summed E-state index contributed by atoms with van der Waals surface area (Å²) in [6.07, 6.45) is 1.58. The Labute approximate surface area is 91.0 Å². The smallest absolute Gasteiger partial charge is 0.271 e. The van der Waals surface area contributed by atoms with Crippen molar-refractivity contribution in [2.75, 3.05) is 6.54 Å². The molecule has 0 aromatic carbocycles. The first-order chi connectivity index (χ1) is 6.65. The van der Waals surface area contributed by atoms with Crippen LogP contribution in [0.1, 0.15) is 17.4 Å². The molecule has 0 radical (unpaired) electrons. The molecule has 0 aliphatic heterocycles. The van der Waals surface area contributed by atoms with E-state index in [0.29, 0.717) is 16.7 Å². The van der Waals surface area contributed by atoms with Gasteiger partial charge in [-0.15, -0.1) is 0 Å². The van der Waals surface area contributed by atoms with E-state index < -0.39 is 0 Å². The molecule has 0 spiro atoms. The molecule has 0 fully saturated rings. The first-order valence-electron chi connectivity index (χ1n) is 4.26. The molecule has 0 saturated heterocycles. The molecular weight excluding hydrogens is 246 g/mol. The third-order valence-corrected chi connectivity index (χ3v) is 2.34. The van der Waals surface area contributed by atoms with Gasteiger partial charge < -0.3 is 11.1 Å². The van der Waals surface area contributed by atoms with E-state index in [1.165, 1.54) is 0 Å². The summed E-state index contributed by atoms with van der Waals surface area (Å²) in [6, 6.07) is 3.49. The zero-order chi connectivity index (χ0) is 10.6.